The molecule has 162 valence electrons. The van der Waals surface area contributed by atoms with Crippen LogP contribution in [0, 0.1) is 0 Å². The Hall–Kier alpha value is -2.70. The zero-order chi connectivity index (χ0) is 21.6. The molecule has 4 N–H and O–H groups in total. The van der Waals surface area contributed by atoms with Gasteiger partial charge < -0.3 is 20.8 Å². The van der Waals surface area contributed by atoms with Crippen molar-refractivity contribution in [3.8, 4) is 0 Å². The molecule has 6 heteroatoms. The zero-order valence-electron chi connectivity index (χ0n) is 17.3. The molecule has 0 aliphatic heterocycles. The number of hydrogen-bond donors (Lipinski definition) is 4. The highest BCUT2D eigenvalue weighted by atomic mass is 16.4. The van der Waals surface area contributed by atoms with Crippen molar-refractivity contribution in [2.75, 3.05) is 13.1 Å². The Morgan fingerprint density at radius 3 is 1.27 bits per heavy atom. The molecule has 0 radical (unpaired) electrons. The predicted molar refractivity (Wildman–Crippen MR) is 117 cm³/mol. The maximum absolute atomic E-state index is 11.4. The van der Waals surface area contributed by atoms with Gasteiger partial charge in [-0.2, -0.15) is 0 Å². The molecule has 2 aromatic rings. The average molecular weight is 413 g/mol. The number of carboxylic acids is 2. The number of nitrogens with one attached hydrogen (secondary N) is 2. The molecule has 0 spiro atoms. The van der Waals surface area contributed by atoms with Gasteiger partial charge in [-0.05, 0) is 37.1 Å². The van der Waals surface area contributed by atoms with Crippen molar-refractivity contribution < 1.29 is 19.8 Å². The van der Waals surface area contributed by atoms with E-state index >= 15 is 0 Å². The highest BCUT2D eigenvalue weighted by molar-refractivity contribution is 5.76. The van der Waals surface area contributed by atoms with Crippen molar-refractivity contribution in [1.29, 1.82) is 0 Å². The summed E-state index contributed by atoms with van der Waals surface area (Å²) in [7, 11) is 0. The van der Waals surface area contributed by atoms with Crippen LogP contribution in [-0.2, 0) is 9.59 Å². The van der Waals surface area contributed by atoms with Crippen LogP contribution in [0.5, 0.6) is 0 Å². The van der Waals surface area contributed by atoms with Gasteiger partial charge in [0.2, 0.25) is 0 Å². The summed E-state index contributed by atoms with van der Waals surface area (Å²) in [6.45, 7) is 1.34. The fraction of sp³-hybridized carbons (Fsp3) is 0.417. The minimum Gasteiger partial charge on any atom is -0.480 e. The van der Waals surface area contributed by atoms with Crippen LogP contribution >= 0.6 is 0 Å². The predicted octanol–water partition coefficient (Wildman–Crippen LogP) is 4.16. The van der Waals surface area contributed by atoms with Crippen LogP contribution in [0.4, 0.5) is 0 Å². The Labute approximate surface area is 178 Å². The van der Waals surface area contributed by atoms with E-state index in [0.29, 0.717) is 13.1 Å². The summed E-state index contributed by atoms with van der Waals surface area (Å²) in [5.74, 6) is -1.72. The molecular weight excluding hydrogens is 380 g/mol. The number of hydrogen-bond acceptors (Lipinski definition) is 4. The van der Waals surface area contributed by atoms with Crippen LogP contribution in [-0.4, -0.2) is 35.2 Å². The first-order valence-electron chi connectivity index (χ1n) is 10.6. The lowest BCUT2D eigenvalue weighted by atomic mass is 10.1. The van der Waals surface area contributed by atoms with E-state index in [1.165, 1.54) is 0 Å². The van der Waals surface area contributed by atoms with Crippen molar-refractivity contribution in [3.63, 3.8) is 0 Å². The van der Waals surface area contributed by atoms with Gasteiger partial charge in [-0.1, -0.05) is 86.3 Å². The van der Waals surface area contributed by atoms with Crippen molar-refractivity contribution >= 4 is 11.9 Å². The number of carbonyl (C=O) groups is 2. The van der Waals surface area contributed by atoms with Gasteiger partial charge >= 0.3 is 11.9 Å². The van der Waals surface area contributed by atoms with Crippen LogP contribution in [0.15, 0.2) is 60.7 Å². The number of carboxylic acid groups (broad SMARTS) is 2. The fourth-order valence-corrected chi connectivity index (χ4v) is 3.44. The molecule has 0 aliphatic rings. The topological polar surface area (TPSA) is 98.7 Å². The van der Waals surface area contributed by atoms with Gasteiger partial charge in [0, 0.05) is 0 Å². The van der Waals surface area contributed by atoms with Crippen molar-refractivity contribution in [1.82, 2.24) is 10.6 Å². The summed E-state index contributed by atoms with van der Waals surface area (Å²) in [6, 6.07) is 17.1. The van der Waals surface area contributed by atoms with E-state index in [9.17, 15) is 19.8 Å². The van der Waals surface area contributed by atoms with E-state index in [0.717, 1.165) is 49.7 Å². The van der Waals surface area contributed by atoms with Crippen molar-refractivity contribution in [3.05, 3.63) is 71.8 Å². The highest BCUT2D eigenvalue weighted by Gasteiger charge is 2.19. The molecule has 0 fully saturated rings. The van der Waals surface area contributed by atoms with Gasteiger partial charge in [0.25, 0.3) is 0 Å². The minimum absolute atomic E-state index is 0.663. The monoisotopic (exact) mass is 412 g/mol. The Morgan fingerprint density at radius 2 is 0.933 bits per heavy atom. The molecule has 6 nitrogen and oxygen atoms in total. The Kier molecular flexibility index (Phi) is 10.6. The molecule has 2 atom stereocenters. The van der Waals surface area contributed by atoms with E-state index in [2.05, 4.69) is 10.6 Å². The molecule has 0 bridgehead atoms. The lowest BCUT2D eigenvalue weighted by Crippen LogP contribution is -2.29. The van der Waals surface area contributed by atoms with E-state index in [4.69, 9.17) is 0 Å². The van der Waals surface area contributed by atoms with Crippen LogP contribution in [0.2, 0.25) is 0 Å². The lowest BCUT2D eigenvalue weighted by molar-refractivity contribution is -0.140. The first-order chi connectivity index (χ1) is 14.6. The van der Waals surface area contributed by atoms with E-state index < -0.39 is 24.0 Å². The maximum atomic E-state index is 11.4. The first kappa shape index (κ1) is 23.6. The molecule has 0 aliphatic carbocycles. The van der Waals surface area contributed by atoms with E-state index in [-0.39, 0.29) is 0 Å². The largest absolute Gasteiger partial charge is 0.480 e. The first-order valence-corrected chi connectivity index (χ1v) is 10.6. The highest BCUT2D eigenvalue weighted by Crippen LogP contribution is 2.14. The number of benzene rings is 2. The smallest absolute Gasteiger partial charge is 0.325 e. The van der Waals surface area contributed by atoms with Gasteiger partial charge in [0.05, 0.1) is 0 Å². The molecule has 0 saturated carbocycles. The van der Waals surface area contributed by atoms with Crippen LogP contribution in [0.25, 0.3) is 0 Å². The van der Waals surface area contributed by atoms with Crippen LogP contribution in [0.1, 0.15) is 61.7 Å². The molecule has 0 saturated heterocycles. The Balaban J connectivity index is 1.54. The average Bonchev–Trinajstić information content (AvgIpc) is 2.75. The number of rotatable bonds is 15. The Bertz CT molecular complexity index is 687. The summed E-state index contributed by atoms with van der Waals surface area (Å²) in [6.07, 6.45) is 6.14. The van der Waals surface area contributed by atoms with Crippen molar-refractivity contribution in [2.45, 2.75) is 50.6 Å². The van der Waals surface area contributed by atoms with Gasteiger partial charge in [-0.25, -0.2) is 0 Å². The fourth-order valence-electron chi connectivity index (χ4n) is 3.44. The third-order valence-corrected chi connectivity index (χ3v) is 5.06. The summed E-state index contributed by atoms with van der Waals surface area (Å²) < 4.78 is 0. The van der Waals surface area contributed by atoms with Gasteiger partial charge in [0.15, 0.2) is 0 Å². The zero-order valence-corrected chi connectivity index (χ0v) is 17.3. The Morgan fingerprint density at radius 1 is 0.600 bits per heavy atom. The quantitative estimate of drug-likeness (QED) is 0.328. The third-order valence-electron chi connectivity index (χ3n) is 5.06. The van der Waals surface area contributed by atoms with Crippen LogP contribution in [0.3, 0.4) is 0 Å². The molecule has 2 aromatic carbocycles. The van der Waals surface area contributed by atoms with E-state index in [1.807, 2.05) is 60.7 Å². The SMILES string of the molecule is O=C(O)[C@H](NCCCCCCCCN[C@@H](C(=O)O)c1ccccc1)c1ccccc1. The second-order valence-corrected chi connectivity index (χ2v) is 7.39. The molecule has 2 rings (SSSR count). The second-order valence-electron chi connectivity index (χ2n) is 7.39. The van der Waals surface area contributed by atoms with E-state index in [1.54, 1.807) is 0 Å². The minimum atomic E-state index is -0.858. The molecule has 0 amide bonds. The summed E-state index contributed by atoms with van der Waals surface area (Å²) in [5, 5.41) is 25.0. The van der Waals surface area contributed by atoms with Crippen molar-refractivity contribution in [2.24, 2.45) is 0 Å². The third kappa shape index (κ3) is 8.35. The summed E-state index contributed by atoms with van der Waals surface area (Å²) in [4.78, 5) is 22.9. The molecule has 0 aromatic heterocycles. The number of unbranched alkanes of at least 4 members (excludes halogenated alkanes) is 5. The lowest BCUT2D eigenvalue weighted by Gasteiger charge is -2.15. The maximum Gasteiger partial charge on any atom is 0.325 e. The molecule has 30 heavy (non-hydrogen) atoms. The number of aliphatic carboxylic acids is 2. The van der Waals surface area contributed by atoms with Crippen LogP contribution < -0.4 is 10.6 Å². The molecule has 0 unspecified atom stereocenters. The van der Waals surface area contributed by atoms with Gasteiger partial charge in [-0.3, -0.25) is 9.59 Å². The second kappa shape index (κ2) is 13.5. The summed E-state index contributed by atoms with van der Waals surface area (Å²) in [5.41, 5.74) is 1.54. The van der Waals surface area contributed by atoms with Gasteiger partial charge in [-0.15, -0.1) is 0 Å². The normalized spacial score (nSPS) is 12.9. The standard InChI is InChI=1S/C24H32N2O4/c27-23(28)21(19-13-7-5-8-14-19)25-17-11-3-1-2-4-12-18-26-22(24(29)30)20-15-9-6-10-16-20/h5-10,13-16,21-22,25-26H,1-4,11-12,17-18H2,(H,27,28)(H,29,30)/t21-,22-/m1/s1. The molecule has 0 heterocycles. The van der Waals surface area contributed by atoms with Gasteiger partial charge in [0.1, 0.15) is 12.1 Å². The molecular formula is C24H32N2O4. The summed E-state index contributed by atoms with van der Waals surface area (Å²) >= 11 is 0.